The van der Waals surface area contributed by atoms with Crippen LogP contribution in [-0.2, 0) is 4.74 Å². The number of hydrogen-bond acceptors (Lipinski definition) is 6. The summed E-state index contributed by atoms with van der Waals surface area (Å²) in [6, 6.07) is 20.7. The van der Waals surface area contributed by atoms with Gasteiger partial charge in [0.05, 0.1) is 11.3 Å². The number of amides is 1. The molecule has 1 amide bonds. The number of halogens is 1. The van der Waals surface area contributed by atoms with Gasteiger partial charge >= 0.3 is 6.09 Å². The number of rotatable bonds is 6. The van der Waals surface area contributed by atoms with E-state index in [2.05, 4.69) is 5.32 Å². The molecule has 1 atom stereocenters. The first-order valence-electron chi connectivity index (χ1n) is 13.5. The highest BCUT2D eigenvalue weighted by atomic mass is 19.1. The van der Waals surface area contributed by atoms with Gasteiger partial charge in [-0.2, -0.15) is 5.26 Å². The van der Waals surface area contributed by atoms with Crippen LogP contribution in [0, 0.1) is 22.6 Å². The number of nitrogens with one attached hydrogen (secondary N) is 2. The second-order valence-corrected chi connectivity index (χ2v) is 10.2. The van der Waals surface area contributed by atoms with Crippen molar-refractivity contribution >= 4 is 17.5 Å². The average Bonchev–Trinajstić information content (AvgIpc) is 2.94. The quantitative estimate of drug-likeness (QED) is 0.309. The molecule has 3 aromatic carbocycles. The van der Waals surface area contributed by atoms with Crippen LogP contribution in [-0.4, -0.2) is 41.4 Å². The Morgan fingerprint density at radius 2 is 1.73 bits per heavy atom. The van der Waals surface area contributed by atoms with E-state index in [4.69, 9.17) is 14.9 Å². The van der Waals surface area contributed by atoms with E-state index in [1.54, 1.807) is 29.2 Å². The van der Waals surface area contributed by atoms with Gasteiger partial charge in [0, 0.05) is 35.9 Å². The monoisotopic (exact) mass is 544 g/mol. The number of benzene rings is 3. The Hall–Kier alpha value is -4.38. The standard InChI is InChI=1S/C30H31FN4O3.C2H6/c1-30(2,3)38-29(36)35-15-7-8-22(19-35)34-27-17-26(31)21(18-32)16-25(27)28(33)20-11-13-24(14-12-20)37-23-9-5-4-6-10-23;1-2/h4-6,9-14,16-17,22,33-34H,7-8,15,19H2,1-3H3;1-2H3. The molecule has 1 unspecified atom stereocenters. The lowest BCUT2D eigenvalue weighted by Gasteiger charge is -2.35. The molecule has 1 aliphatic rings. The van der Waals surface area contributed by atoms with Gasteiger partial charge < -0.3 is 19.7 Å². The van der Waals surface area contributed by atoms with E-state index in [1.165, 1.54) is 12.1 Å². The van der Waals surface area contributed by atoms with Crippen LogP contribution in [0.25, 0.3) is 0 Å². The van der Waals surface area contributed by atoms with Gasteiger partial charge in [0.25, 0.3) is 0 Å². The molecule has 0 aromatic heterocycles. The average molecular weight is 545 g/mol. The highest BCUT2D eigenvalue weighted by Gasteiger charge is 2.28. The summed E-state index contributed by atoms with van der Waals surface area (Å²) in [4.78, 5) is 14.2. The largest absolute Gasteiger partial charge is 0.457 e. The normalized spacial score (nSPS) is 14.7. The Morgan fingerprint density at radius 3 is 2.35 bits per heavy atom. The van der Waals surface area contributed by atoms with Crippen LogP contribution in [0.2, 0.25) is 0 Å². The summed E-state index contributed by atoms with van der Waals surface area (Å²) in [5.74, 6) is 0.650. The third-order valence-corrected chi connectivity index (χ3v) is 6.05. The van der Waals surface area contributed by atoms with Gasteiger partial charge in [-0.3, -0.25) is 5.41 Å². The van der Waals surface area contributed by atoms with Crippen molar-refractivity contribution in [3.8, 4) is 17.6 Å². The van der Waals surface area contributed by atoms with E-state index in [1.807, 2.05) is 71.0 Å². The minimum absolute atomic E-state index is 0.134. The molecule has 1 fully saturated rings. The Kier molecular flexibility index (Phi) is 10.3. The van der Waals surface area contributed by atoms with Crippen molar-refractivity contribution in [2.45, 2.75) is 59.1 Å². The number of hydrogen-bond donors (Lipinski definition) is 2. The number of nitrogens with zero attached hydrogens (tertiary/aromatic N) is 2. The first kappa shape index (κ1) is 30.2. The van der Waals surface area contributed by atoms with Crippen LogP contribution in [0.15, 0.2) is 66.7 Å². The molecule has 8 heteroatoms. The Bertz CT molecular complexity index is 1350. The molecule has 1 aliphatic heterocycles. The van der Waals surface area contributed by atoms with Crippen molar-refractivity contribution < 1.29 is 18.7 Å². The Labute approximate surface area is 236 Å². The van der Waals surface area contributed by atoms with E-state index < -0.39 is 11.4 Å². The molecule has 1 saturated heterocycles. The Morgan fingerprint density at radius 1 is 1.07 bits per heavy atom. The van der Waals surface area contributed by atoms with Crippen LogP contribution >= 0.6 is 0 Å². The molecule has 2 N–H and O–H groups in total. The fourth-order valence-electron chi connectivity index (χ4n) is 4.26. The van der Waals surface area contributed by atoms with Gasteiger partial charge in [-0.05, 0) is 82.1 Å². The molecule has 3 aromatic rings. The maximum absolute atomic E-state index is 14.7. The first-order chi connectivity index (χ1) is 19.1. The molecule has 0 bridgehead atoms. The number of nitriles is 1. The van der Waals surface area contributed by atoms with Crippen molar-refractivity contribution in [1.82, 2.24) is 4.90 Å². The minimum atomic E-state index is -0.669. The lowest BCUT2D eigenvalue weighted by molar-refractivity contribution is 0.0206. The topological polar surface area (TPSA) is 98.4 Å². The number of ether oxygens (including phenoxy) is 2. The summed E-state index contributed by atoms with van der Waals surface area (Å²) in [5.41, 5.74) is 0.773. The zero-order valence-corrected chi connectivity index (χ0v) is 23.8. The number of anilines is 1. The number of piperidine rings is 1. The van der Waals surface area contributed by atoms with E-state index in [-0.39, 0.29) is 23.4 Å². The lowest BCUT2D eigenvalue weighted by atomic mass is 9.97. The maximum atomic E-state index is 14.7. The summed E-state index contributed by atoms with van der Waals surface area (Å²) >= 11 is 0. The molecule has 7 nitrogen and oxygen atoms in total. The van der Waals surface area contributed by atoms with Crippen molar-refractivity contribution in [3.05, 3.63) is 89.2 Å². The number of para-hydroxylation sites is 1. The van der Waals surface area contributed by atoms with Crippen LogP contribution in [0.3, 0.4) is 0 Å². The first-order valence-corrected chi connectivity index (χ1v) is 13.5. The minimum Gasteiger partial charge on any atom is -0.457 e. The molecule has 1 heterocycles. The second kappa shape index (κ2) is 13.6. The molecular weight excluding hydrogens is 507 g/mol. The zero-order chi connectivity index (χ0) is 29.3. The Balaban J connectivity index is 0.00000216. The maximum Gasteiger partial charge on any atom is 0.410 e. The number of carbonyl (C=O) groups is 1. The third kappa shape index (κ3) is 8.06. The highest BCUT2D eigenvalue weighted by molar-refractivity contribution is 6.14. The van der Waals surface area contributed by atoms with Gasteiger partial charge in [0.1, 0.15) is 29.0 Å². The summed E-state index contributed by atoms with van der Waals surface area (Å²) in [5, 5.41) is 21.6. The predicted octanol–water partition coefficient (Wildman–Crippen LogP) is 7.74. The molecule has 0 radical (unpaired) electrons. The molecule has 0 spiro atoms. The van der Waals surface area contributed by atoms with Crippen LogP contribution in [0.5, 0.6) is 11.5 Å². The fraction of sp³-hybridized carbons (Fsp3) is 0.344. The molecule has 210 valence electrons. The van der Waals surface area contributed by atoms with Crippen LogP contribution in [0.4, 0.5) is 14.9 Å². The van der Waals surface area contributed by atoms with Crippen molar-refractivity contribution in [2.24, 2.45) is 0 Å². The van der Waals surface area contributed by atoms with Crippen molar-refractivity contribution in [2.75, 3.05) is 18.4 Å². The van der Waals surface area contributed by atoms with E-state index in [9.17, 15) is 14.4 Å². The van der Waals surface area contributed by atoms with Gasteiger partial charge in [0.2, 0.25) is 0 Å². The molecule has 4 rings (SSSR count). The lowest BCUT2D eigenvalue weighted by Crippen LogP contribution is -2.47. The SMILES string of the molecule is CC.CC(C)(C)OC(=O)N1CCCC(Nc2cc(F)c(C#N)cc2C(=N)c2ccc(Oc3ccccc3)cc2)C1. The third-order valence-electron chi connectivity index (χ3n) is 6.05. The molecule has 0 aliphatic carbocycles. The number of carbonyl (C=O) groups excluding carboxylic acids is 1. The molecule has 40 heavy (non-hydrogen) atoms. The van der Waals surface area contributed by atoms with Gasteiger partial charge in [-0.25, -0.2) is 9.18 Å². The highest BCUT2D eigenvalue weighted by Crippen LogP contribution is 2.28. The number of likely N-dealkylation sites (tertiary alicyclic amines) is 1. The van der Waals surface area contributed by atoms with Crippen LogP contribution < -0.4 is 10.1 Å². The van der Waals surface area contributed by atoms with Gasteiger partial charge in [0.15, 0.2) is 0 Å². The fourth-order valence-corrected chi connectivity index (χ4v) is 4.26. The van der Waals surface area contributed by atoms with Gasteiger partial charge in [-0.15, -0.1) is 0 Å². The molecular formula is C32H37FN4O3. The summed E-state index contributed by atoms with van der Waals surface area (Å²) in [6.45, 7) is 10.4. The molecule has 0 saturated carbocycles. The predicted molar refractivity (Wildman–Crippen MR) is 156 cm³/mol. The van der Waals surface area contributed by atoms with Crippen LogP contribution in [0.1, 0.15) is 64.2 Å². The summed E-state index contributed by atoms with van der Waals surface area (Å²) in [6.07, 6.45) is 1.13. The van der Waals surface area contributed by atoms with Crippen molar-refractivity contribution in [1.29, 1.82) is 10.7 Å². The smallest absolute Gasteiger partial charge is 0.410 e. The van der Waals surface area contributed by atoms with E-state index in [0.29, 0.717) is 41.4 Å². The summed E-state index contributed by atoms with van der Waals surface area (Å²) in [7, 11) is 0. The van der Waals surface area contributed by atoms with E-state index >= 15 is 0 Å². The summed E-state index contributed by atoms with van der Waals surface area (Å²) < 4.78 is 26.0. The zero-order valence-electron chi connectivity index (χ0n) is 23.8. The second-order valence-electron chi connectivity index (χ2n) is 10.2. The van der Waals surface area contributed by atoms with Gasteiger partial charge in [-0.1, -0.05) is 32.0 Å². The van der Waals surface area contributed by atoms with Crippen molar-refractivity contribution in [3.63, 3.8) is 0 Å². The van der Waals surface area contributed by atoms with E-state index in [0.717, 1.165) is 12.8 Å².